The van der Waals surface area contributed by atoms with E-state index in [2.05, 4.69) is 43.4 Å². The van der Waals surface area contributed by atoms with Crippen LogP contribution in [0.3, 0.4) is 0 Å². The molecule has 0 saturated heterocycles. The van der Waals surface area contributed by atoms with Gasteiger partial charge in [0, 0.05) is 5.69 Å². The molecule has 1 N–H and O–H groups in total. The van der Waals surface area contributed by atoms with Crippen molar-refractivity contribution in [3.63, 3.8) is 0 Å². The fraction of sp³-hybridized carbons (Fsp3) is 0.188. The first-order valence-electron chi connectivity index (χ1n) is 6.11. The van der Waals surface area contributed by atoms with Gasteiger partial charge in [-0.3, -0.25) is 4.79 Å². The number of carbonyl (C=O) groups excluding carboxylic acids is 1. The topological polar surface area (TPSA) is 29.1 Å². The average Bonchev–Trinajstić information content (AvgIpc) is 2.40. The summed E-state index contributed by atoms with van der Waals surface area (Å²) in [7, 11) is 0. The molecule has 2 nitrogen and oxygen atoms in total. The highest BCUT2D eigenvalue weighted by Gasteiger charge is 2.01. The first-order chi connectivity index (χ1) is 8.70. The zero-order chi connectivity index (χ0) is 13.0. The molecule has 0 radical (unpaired) electrons. The zero-order valence-corrected chi connectivity index (χ0v) is 10.7. The molecule has 2 aromatic rings. The molecule has 0 heterocycles. The Hall–Kier alpha value is -2.09. The molecule has 0 saturated carbocycles. The number of carbonyl (C=O) groups is 1. The Morgan fingerprint density at radius 3 is 1.83 bits per heavy atom. The molecule has 0 aliphatic rings. The maximum absolute atomic E-state index is 10.3. The van der Waals surface area contributed by atoms with E-state index in [9.17, 15) is 4.79 Å². The van der Waals surface area contributed by atoms with Gasteiger partial charge in [-0.15, -0.1) is 0 Å². The molecule has 1 amide bonds. The van der Waals surface area contributed by atoms with Crippen molar-refractivity contribution in [2.45, 2.75) is 19.8 Å². The van der Waals surface area contributed by atoms with Gasteiger partial charge in [0.25, 0.3) is 0 Å². The number of hydrogen-bond donors (Lipinski definition) is 1. The third kappa shape index (κ3) is 2.77. The summed E-state index contributed by atoms with van der Waals surface area (Å²) in [4.78, 5) is 10.3. The summed E-state index contributed by atoms with van der Waals surface area (Å²) in [5.41, 5.74) is 4.50. The number of benzene rings is 2. The Bertz CT molecular complexity index is 512. The van der Waals surface area contributed by atoms with Gasteiger partial charge in [-0.1, -0.05) is 50.2 Å². The minimum Gasteiger partial charge on any atom is -0.329 e. The number of hydrogen-bond acceptors (Lipinski definition) is 1. The van der Waals surface area contributed by atoms with E-state index in [1.807, 2.05) is 24.3 Å². The van der Waals surface area contributed by atoms with Gasteiger partial charge in [0.05, 0.1) is 0 Å². The van der Waals surface area contributed by atoms with Gasteiger partial charge in [-0.05, 0) is 34.7 Å². The first kappa shape index (κ1) is 12.4. The predicted octanol–water partition coefficient (Wildman–Crippen LogP) is 4.05. The highest BCUT2D eigenvalue weighted by molar-refractivity contribution is 5.73. The SMILES string of the molecule is CC(C)c1ccc(-c2ccc(NC=O)cc2)cc1. The molecule has 0 atom stereocenters. The summed E-state index contributed by atoms with van der Waals surface area (Å²) in [5.74, 6) is 0.554. The highest BCUT2D eigenvalue weighted by atomic mass is 16.1. The van der Waals surface area contributed by atoms with E-state index in [4.69, 9.17) is 0 Å². The number of anilines is 1. The molecule has 0 aliphatic carbocycles. The van der Waals surface area contributed by atoms with E-state index in [1.165, 1.54) is 11.1 Å². The lowest BCUT2D eigenvalue weighted by Crippen LogP contribution is -1.92. The summed E-state index contributed by atoms with van der Waals surface area (Å²) in [5, 5.41) is 2.63. The molecule has 92 valence electrons. The maximum atomic E-state index is 10.3. The van der Waals surface area contributed by atoms with Gasteiger partial charge < -0.3 is 5.32 Å². The van der Waals surface area contributed by atoms with Crippen LogP contribution >= 0.6 is 0 Å². The Kier molecular flexibility index (Phi) is 3.78. The van der Waals surface area contributed by atoms with Gasteiger partial charge in [0.2, 0.25) is 6.41 Å². The molecule has 0 spiro atoms. The molecular weight excluding hydrogens is 222 g/mol. The third-order valence-corrected chi connectivity index (χ3v) is 3.02. The lowest BCUT2D eigenvalue weighted by Gasteiger charge is -2.07. The second kappa shape index (κ2) is 5.50. The highest BCUT2D eigenvalue weighted by Crippen LogP contribution is 2.23. The van der Waals surface area contributed by atoms with Crippen LogP contribution in [0.25, 0.3) is 11.1 Å². The number of nitrogens with one attached hydrogen (secondary N) is 1. The van der Waals surface area contributed by atoms with Gasteiger partial charge in [0.1, 0.15) is 0 Å². The lowest BCUT2D eigenvalue weighted by atomic mass is 9.99. The molecule has 0 bridgehead atoms. The molecule has 18 heavy (non-hydrogen) atoms. The minimum absolute atomic E-state index is 0.554. The van der Waals surface area contributed by atoms with Gasteiger partial charge >= 0.3 is 0 Å². The van der Waals surface area contributed by atoms with Crippen LogP contribution in [0.4, 0.5) is 5.69 Å². The van der Waals surface area contributed by atoms with E-state index in [1.54, 1.807) is 0 Å². The lowest BCUT2D eigenvalue weighted by molar-refractivity contribution is -0.105. The van der Waals surface area contributed by atoms with Crippen molar-refractivity contribution in [3.8, 4) is 11.1 Å². The van der Waals surface area contributed by atoms with Crippen LogP contribution in [0.15, 0.2) is 48.5 Å². The van der Waals surface area contributed by atoms with E-state index >= 15 is 0 Å². The van der Waals surface area contributed by atoms with E-state index in [0.29, 0.717) is 12.3 Å². The Balaban J connectivity index is 2.22. The molecule has 0 aromatic heterocycles. The zero-order valence-electron chi connectivity index (χ0n) is 10.7. The van der Waals surface area contributed by atoms with Crippen molar-refractivity contribution in [1.82, 2.24) is 0 Å². The van der Waals surface area contributed by atoms with Crippen LogP contribution < -0.4 is 5.32 Å². The van der Waals surface area contributed by atoms with Crippen LogP contribution in [0.1, 0.15) is 25.3 Å². The smallest absolute Gasteiger partial charge is 0.211 e. The maximum Gasteiger partial charge on any atom is 0.211 e. The van der Waals surface area contributed by atoms with Crippen molar-refractivity contribution in [2.24, 2.45) is 0 Å². The van der Waals surface area contributed by atoms with Crippen LogP contribution in [0, 0.1) is 0 Å². The second-order valence-electron chi connectivity index (χ2n) is 4.62. The molecule has 0 fully saturated rings. The summed E-state index contributed by atoms with van der Waals surface area (Å²) in [6.45, 7) is 4.38. The van der Waals surface area contributed by atoms with Crippen molar-refractivity contribution in [2.75, 3.05) is 5.32 Å². The van der Waals surface area contributed by atoms with Crippen LogP contribution in [0.2, 0.25) is 0 Å². The summed E-state index contributed by atoms with van der Waals surface area (Å²) < 4.78 is 0. The first-order valence-corrected chi connectivity index (χ1v) is 6.11. The fourth-order valence-corrected chi connectivity index (χ4v) is 1.89. The predicted molar refractivity (Wildman–Crippen MR) is 75.7 cm³/mol. The summed E-state index contributed by atoms with van der Waals surface area (Å²) >= 11 is 0. The monoisotopic (exact) mass is 239 g/mol. The van der Waals surface area contributed by atoms with Crippen molar-refractivity contribution in [1.29, 1.82) is 0 Å². The van der Waals surface area contributed by atoms with Gasteiger partial charge in [-0.2, -0.15) is 0 Å². The van der Waals surface area contributed by atoms with Crippen LogP contribution in [0.5, 0.6) is 0 Å². The number of amides is 1. The third-order valence-electron chi connectivity index (χ3n) is 3.02. The molecule has 2 heteroatoms. The van der Waals surface area contributed by atoms with Crippen molar-refractivity contribution >= 4 is 12.1 Å². The quantitative estimate of drug-likeness (QED) is 0.801. The summed E-state index contributed by atoms with van der Waals surface area (Å²) in [6, 6.07) is 16.4. The minimum atomic E-state index is 0.554. The normalized spacial score (nSPS) is 10.4. The Morgan fingerprint density at radius 2 is 1.39 bits per heavy atom. The standard InChI is InChI=1S/C16H17NO/c1-12(2)13-3-5-14(6-4-13)15-7-9-16(10-8-15)17-11-18/h3-12H,1-2H3,(H,17,18). The molecule has 2 rings (SSSR count). The Labute approximate surface area is 108 Å². The molecular formula is C16H17NO. The molecule has 0 aliphatic heterocycles. The van der Waals surface area contributed by atoms with Crippen LogP contribution in [-0.4, -0.2) is 6.41 Å². The van der Waals surface area contributed by atoms with Gasteiger partial charge in [-0.25, -0.2) is 0 Å². The molecule has 2 aromatic carbocycles. The second-order valence-corrected chi connectivity index (χ2v) is 4.62. The fourth-order valence-electron chi connectivity index (χ4n) is 1.89. The number of rotatable bonds is 4. The van der Waals surface area contributed by atoms with E-state index < -0.39 is 0 Å². The van der Waals surface area contributed by atoms with Crippen molar-refractivity contribution < 1.29 is 4.79 Å². The van der Waals surface area contributed by atoms with Crippen molar-refractivity contribution in [3.05, 3.63) is 54.1 Å². The van der Waals surface area contributed by atoms with Gasteiger partial charge in [0.15, 0.2) is 0 Å². The van der Waals surface area contributed by atoms with E-state index in [-0.39, 0.29) is 0 Å². The summed E-state index contributed by atoms with van der Waals surface area (Å²) in [6.07, 6.45) is 0.687. The Morgan fingerprint density at radius 1 is 0.889 bits per heavy atom. The van der Waals surface area contributed by atoms with Crippen LogP contribution in [-0.2, 0) is 4.79 Å². The average molecular weight is 239 g/mol. The van der Waals surface area contributed by atoms with E-state index in [0.717, 1.165) is 11.3 Å². The molecule has 0 unspecified atom stereocenters. The largest absolute Gasteiger partial charge is 0.329 e.